The summed E-state index contributed by atoms with van der Waals surface area (Å²) in [5.41, 5.74) is 2.40. The van der Waals surface area contributed by atoms with E-state index in [4.69, 9.17) is 5.26 Å². The molecule has 2 aromatic rings. The Morgan fingerprint density at radius 1 is 1.00 bits per heavy atom. The van der Waals surface area contributed by atoms with E-state index >= 15 is 0 Å². The maximum atomic E-state index is 8.86. The number of nitriles is 1. The molecule has 1 nitrogen and oxygen atoms in total. The lowest BCUT2D eigenvalue weighted by Gasteiger charge is -1.91. The van der Waals surface area contributed by atoms with Crippen LogP contribution in [0.1, 0.15) is 16.7 Å². The Kier molecular flexibility index (Phi) is 2.83. The van der Waals surface area contributed by atoms with Crippen LogP contribution in [-0.4, -0.2) is 0 Å². The standard InChI is InChI=1S/C13H7NS/c14-9-13-4-2-1-3-12(13)6-5-11-7-8-15-10-11/h1-4,7-8,10H. The van der Waals surface area contributed by atoms with Gasteiger partial charge in [0.1, 0.15) is 6.07 Å². The largest absolute Gasteiger partial charge is 0.192 e. The predicted molar refractivity (Wildman–Crippen MR) is 61.5 cm³/mol. The molecule has 15 heavy (non-hydrogen) atoms. The zero-order valence-electron chi connectivity index (χ0n) is 7.90. The second-order valence-corrected chi connectivity index (χ2v) is 3.70. The minimum absolute atomic E-state index is 0.625. The van der Waals surface area contributed by atoms with Crippen molar-refractivity contribution in [2.75, 3.05) is 0 Å². The van der Waals surface area contributed by atoms with Gasteiger partial charge in [-0.25, -0.2) is 0 Å². The van der Waals surface area contributed by atoms with E-state index < -0.39 is 0 Å². The number of benzene rings is 1. The quantitative estimate of drug-likeness (QED) is 0.612. The van der Waals surface area contributed by atoms with Crippen LogP contribution in [0.4, 0.5) is 0 Å². The van der Waals surface area contributed by atoms with Crippen LogP contribution in [0.15, 0.2) is 41.1 Å². The smallest absolute Gasteiger partial charge is 0.100 e. The molecule has 0 aliphatic carbocycles. The van der Waals surface area contributed by atoms with Gasteiger partial charge in [-0.3, -0.25) is 0 Å². The van der Waals surface area contributed by atoms with Gasteiger partial charge in [-0.05, 0) is 23.6 Å². The van der Waals surface area contributed by atoms with Crippen molar-refractivity contribution in [2.24, 2.45) is 0 Å². The molecule has 0 aliphatic rings. The summed E-state index contributed by atoms with van der Waals surface area (Å²) < 4.78 is 0. The Labute approximate surface area is 92.6 Å². The molecule has 0 atom stereocenters. The molecule has 70 valence electrons. The molecule has 1 heterocycles. The summed E-state index contributed by atoms with van der Waals surface area (Å²) in [4.78, 5) is 0. The Morgan fingerprint density at radius 2 is 1.80 bits per heavy atom. The zero-order valence-corrected chi connectivity index (χ0v) is 8.71. The predicted octanol–water partition coefficient (Wildman–Crippen LogP) is 3.02. The van der Waals surface area contributed by atoms with Crippen molar-refractivity contribution in [3.05, 3.63) is 57.8 Å². The Bertz CT molecular complexity index is 550. The van der Waals surface area contributed by atoms with Crippen molar-refractivity contribution in [3.63, 3.8) is 0 Å². The Morgan fingerprint density at radius 3 is 2.47 bits per heavy atom. The number of hydrogen-bond donors (Lipinski definition) is 0. The highest BCUT2D eigenvalue weighted by molar-refractivity contribution is 7.08. The van der Waals surface area contributed by atoms with E-state index in [0.29, 0.717) is 5.56 Å². The maximum Gasteiger partial charge on any atom is 0.100 e. The normalized spacial score (nSPS) is 8.73. The van der Waals surface area contributed by atoms with Crippen LogP contribution in [0.25, 0.3) is 0 Å². The number of rotatable bonds is 0. The van der Waals surface area contributed by atoms with E-state index in [-0.39, 0.29) is 0 Å². The molecule has 0 spiro atoms. The van der Waals surface area contributed by atoms with Gasteiger partial charge in [0.15, 0.2) is 0 Å². The van der Waals surface area contributed by atoms with Gasteiger partial charge in [0.2, 0.25) is 0 Å². The van der Waals surface area contributed by atoms with Gasteiger partial charge in [0, 0.05) is 16.5 Å². The average Bonchev–Trinajstić information content (AvgIpc) is 2.79. The van der Waals surface area contributed by atoms with Crippen molar-refractivity contribution in [1.82, 2.24) is 0 Å². The number of hydrogen-bond acceptors (Lipinski definition) is 2. The third-order valence-corrected chi connectivity index (χ3v) is 2.59. The van der Waals surface area contributed by atoms with E-state index in [1.165, 1.54) is 0 Å². The molecular weight excluding hydrogens is 202 g/mol. The zero-order chi connectivity index (χ0) is 10.5. The monoisotopic (exact) mass is 209 g/mol. The van der Waals surface area contributed by atoms with Gasteiger partial charge in [-0.15, -0.1) is 0 Å². The summed E-state index contributed by atoms with van der Waals surface area (Å²) >= 11 is 1.62. The van der Waals surface area contributed by atoms with Crippen LogP contribution in [0.3, 0.4) is 0 Å². The summed E-state index contributed by atoms with van der Waals surface area (Å²) in [6.45, 7) is 0. The molecule has 0 radical (unpaired) electrons. The fourth-order valence-corrected chi connectivity index (χ4v) is 1.75. The molecule has 2 heteroatoms. The highest BCUT2D eigenvalue weighted by Crippen LogP contribution is 2.07. The average molecular weight is 209 g/mol. The third kappa shape index (κ3) is 2.26. The van der Waals surface area contributed by atoms with Crippen LogP contribution in [0.5, 0.6) is 0 Å². The van der Waals surface area contributed by atoms with Crippen LogP contribution in [0.2, 0.25) is 0 Å². The third-order valence-electron chi connectivity index (χ3n) is 1.91. The molecular formula is C13H7NS. The van der Waals surface area contributed by atoms with Crippen molar-refractivity contribution in [2.45, 2.75) is 0 Å². The molecule has 1 aromatic heterocycles. The molecule has 0 unspecified atom stereocenters. The van der Waals surface area contributed by atoms with Crippen molar-refractivity contribution < 1.29 is 0 Å². The minimum atomic E-state index is 0.625. The highest BCUT2D eigenvalue weighted by Gasteiger charge is 1.95. The molecule has 0 aliphatic heterocycles. The molecule has 0 bridgehead atoms. The molecule has 2 rings (SSSR count). The highest BCUT2D eigenvalue weighted by atomic mass is 32.1. The second-order valence-electron chi connectivity index (χ2n) is 2.92. The topological polar surface area (TPSA) is 23.8 Å². The maximum absolute atomic E-state index is 8.86. The fourth-order valence-electron chi connectivity index (χ4n) is 1.16. The summed E-state index contributed by atoms with van der Waals surface area (Å²) in [6.07, 6.45) is 0. The molecule has 1 aromatic carbocycles. The second kappa shape index (κ2) is 4.46. The SMILES string of the molecule is N#Cc1ccccc1C#Cc1ccsc1. The van der Waals surface area contributed by atoms with E-state index in [2.05, 4.69) is 17.9 Å². The summed E-state index contributed by atoms with van der Waals surface area (Å²) in [5, 5.41) is 12.8. The Hall–Kier alpha value is -2.03. The van der Waals surface area contributed by atoms with Gasteiger partial charge in [-0.2, -0.15) is 16.6 Å². The van der Waals surface area contributed by atoms with E-state index in [1.807, 2.05) is 35.0 Å². The summed E-state index contributed by atoms with van der Waals surface area (Å²) in [5.74, 6) is 6.03. The molecule has 0 amide bonds. The molecule has 0 N–H and O–H groups in total. The fraction of sp³-hybridized carbons (Fsp3) is 0. The first-order chi connectivity index (χ1) is 7.40. The van der Waals surface area contributed by atoms with Gasteiger partial charge in [0.25, 0.3) is 0 Å². The first-order valence-corrected chi connectivity index (χ1v) is 5.38. The summed E-state index contributed by atoms with van der Waals surface area (Å²) in [7, 11) is 0. The lowest BCUT2D eigenvalue weighted by atomic mass is 10.1. The molecule has 0 fully saturated rings. The van der Waals surface area contributed by atoms with Crippen molar-refractivity contribution >= 4 is 11.3 Å². The van der Waals surface area contributed by atoms with Crippen LogP contribution in [-0.2, 0) is 0 Å². The van der Waals surface area contributed by atoms with Crippen LogP contribution >= 0.6 is 11.3 Å². The summed E-state index contributed by atoms with van der Waals surface area (Å²) in [6, 6.07) is 11.5. The number of thiophene rings is 1. The van der Waals surface area contributed by atoms with Crippen LogP contribution < -0.4 is 0 Å². The first-order valence-electron chi connectivity index (χ1n) is 4.43. The van der Waals surface area contributed by atoms with Gasteiger partial charge < -0.3 is 0 Å². The van der Waals surface area contributed by atoms with E-state index in [0.717, 1.165) is 11.1 Å². The van der Waals surface area contributed by atoms with Crippen LogP contribution in [0, 0.1) is 23.2 Å². The lowest BCUT2D eigenvalue weighted by Crippen LogP contribution is -1.81. The van der Waals surface area contributed by atoms with Gasteiger partial charge in [0.05, 0.1) is 5.56 Å². The molecule has 0 saturated carbocycles. The van der Waals surface area contributed by atoms with E-state index in [9.17, 15) is 0 Å². The van der Waals surface area contributed by atoms with Gasteiger partial charge in [-0.1, -0.05) is 24.0 Å². The van der Waals surface area contributed by atoms with Crippen molar-refractivity contribution in [3.8, 4) is 17.9 Å². The lowest BCUT2D eigenvalue weighted by molar-refractivity contribution is 1.47. The van der Waals surface area contributed by atoms with Crippen molar-refractivity contribution in [1.29, 1.82) is 5.26 Å². The number of nitrogens with zero attached hydrogens (tertiary/aromatic N) is 1. The van der Waals surface area contributed by atoms with Gasteiger partial charge >= 0.3 is 0 Å². The minimum Gasteiger partial charge on any atom is -0.192 e. The Balaban J connectivity index is 2.36. The van der Waals surface area contributed by atoms with E-state index in [1.54, 1.807) is 17.4 Å². The first kappa shape index (κ1) is 9.52. The molecule has 0 saturated heterocycles.